The molecule has 1 amide bonds. The van der Waals surface area contributed by atoms with Crippen molar-refractivity contribution < 1.29 is 9.53 Å². The Morgan fingerprint density at radius 1 is 1.53 bits per heavy atom. The highest BCUT2D eigenvalue weighted by molar-refractivity contribution is 7.80. The van der Waals surface area contributed by atoms with E-state index >= 15 is 0 Å². The number of nitrogens with two attached hydrogens (primary N) is 1. The first-order valence-electron chi connectivity index (χ1n) is 6.27. The van der Waals surface area contributed by atoms with Crippen LogP contribution in [-0.2, 0) is 16.1 Å². The molecule has 1 fully saturated rings. The topological polar surface area (TPSA) is 82.2 Å². The van der Waals surface area contributed by atoms with Crippen molar-refractivity contribution in [2.45, 2.75) is 19.4 Å². The summed E-state index contributed by atoms with van der Waals surface area (Å²) in [7, 11) is 0. The van der Waals surface area contributed by atoms with Gasteiger partial charge in [-0.15, -0.1) is 0 Å². The van der Waals surface area contributed by atoms with Crippen molar-refractivity contribution in [1.29, 1.82) is 0 Å². The molecule has 0 saturated carbocycles. The summed E-state index contributed by atoms with van der Waals surface area (Å²) < 4.78 is 7.18. The molecule has 104 valence electrons. The second-order valence-corrected chi connectivity index (χ2v) is 5.05. The van der Waals surface area contributed by atoms with Crippen LogP contribution in [0.2, 0.25) is 0 Å². The fraction of sp³-hybridized carbons (Fsp3) is 0.583. The lowest BCUT2D eigenvalue weighted by Crippen LogP contribution is -2.52. The third-order valence-corrected chi connectivity index (χ3v) is 3.86. The van der Waals surface area contributed by atoms with E-state index in [0.29, 0.717) is 39.1 Å². The molecule has 1 aromatic heterocycles. The quantitative estimate of drug-likeness (QED) is 0.748. The summed E-state index contributed by atoms with van der Waals surface area (Å²) in [5.41, 5.74) is 5.02. The fourth-order valence-corrected chi connectivity index (χ4v) is 2.49. The molecule has 1 aromatic rings. The lowest BCUT2D eigenvalue weighted by Gasteiger charge is -2.34. The number of carbonyl (C=O) groups excluding carboxylic acids is 1. The first-order valence-corrected chi connectivity index (χ1v) is 6.68. The molecular formula is C12H18N4O2S. The summed E-state index contributed by atoms with van der Waals surface area (Å²) in [6.45, 7) is 2.24. The minimum atomic E-state index is -0.747. The van der Waals surface area contributed by atoms with E-state index in [9.17, 15) is 4.79 Å². The van der Waals surface area contributed by atoms with Crippen LogP contribution >= 0.6 is 12.2 Å². The van der Waals surface area contributed by atoms with Crippen molar-refractivity contribution >= 4 is 23.1 Å². The predicted molar refractivity (Wildman–Crippen MR) is 74.5 cm³/mol. The standard InChI is InChI=1S/C12H18N4O2S/c13-10(19)12(1-7-18-8-2-12)11(17)15-4-6-16-5-3-14-9-16/h3,5,9H,1-2,4,6-8H2,(H2,13,19)(H,15,17). The summed E-state index contributed by atoms with van der Waals surface area (Å²) in [6, 6.07) is 0. The second kappa shape index (κ2) is 6.12. The average Bonchev–Trinajstić information content (AvgIpc) is 2.92. The van der Waals surface area contributed by atoms with E-state index < -0.39 is 5.41 Å². The molecule has 2 rings (SSSR count). The van der Waals surface area contributed by atoms with E-state index in [1.807, 2.05) is 10.8 Å². The SMILES string of the molecule is NC(=S)C1(C(=O)NCCn2ccnc2)CCOCC1. The first kappa shape index (κ1) is 14.0. The van der Waals surface area contributed by atoms with Gasteiger partial charge in [0.15, 0.2) is 0 Å². The van der Waals surface area contributed by atoms with Crippen LogP contribution in [0.1, 0.15) is 12.8 Å². The zero-order valence-corrected chi connectivity index (χ0v) is 11.5. The van der Waals surface area contributed by atoms with Crippen LogP contribution in [-0.4, -0.2) is 40.2 Å². The highest BCUT2D eigenvalue weighted by atomic mass is 32.1. The number of nitrogens with zero attached hydrogens (tertiary/aromatic N) is 2. The van der Waals surface area contributed by atoms with Crippen molar-refractivity contribution in [3.05, 3.63) is 18.7 Å². The second-order valence-electron chi connectivity index (χ2n) is 4.62. The molecule has 0 unspecified atom stereocenters. The van der Waals surface area contributed by atoms with Crippen LogP contribution < -0.4 is 11.1 Å². The van der Waals surface area contributed by atoms with E-state index in [-0.39, 0.29) is 10.9 Å². The Hall–Kier alpha value is -1.47. The van der Waals surface area contributed by atoms with Gasteiger partial charge >= 0.3 is 0 Å². The summed E-state index contributed by atoms with van der Waals surface area (Å²) in [6.07, 6.45) is 6.38. The molecule has 1 aliphatic rings. The minimum absolute atomic E-state index is 0.0941. The van der Waals surface area contributed by atoms with Crippen LogP contribution in [0.4, 0.5) is 0 Å². The average molecular weight is 282 g/mol. The van der Waals surface area contributed by atoms with Crippen LogP contribution in [0.5, 0.6) is 0 Å². The number of hydrogen-bond donors (Lipinski definition) is 2. The molecule has 6 nitrogen and oxygen atoms in total. The predicted octanol–water partition coefficient (Wildman–Crippen LogP) is 0.0822. The van der Waals surface area contributed by atoms with Gasteiger partial charge in [0.25, 0.3) is 0 Å². The van der Waals surface area contributed by atoms with Crippen LogP contribution in [0, 0.1) is 5.41 Å². The number of imidazole rings is 1. The van der Waals surface area contributed by atoms with Gasteiger partial charge in [0.1, 0.15) is 5.41 Å². The largest absolute Gasteiger partial charge is 0.392 e. The molecule has 0 atom stereocenters. The van der Waals surface area contributed by atoms with Crippen molar-refractivity contribution in [1.82, 2.24) is 14.9 Å². The lowest BCUT2D eigenvalue weighted by atomic mass is 9.79. The Bertz CT molecular complexity index is 441. The van der Waals surface area contributed by atoms with Crippen molar-refractivity contribution in [3.8, 4) is 0 Å². The number of nitrogens with one attached hydrogen (secondary N) is 1. The van der Waals surface area contributed by atoms with Crippen molar-refractivity contribution in [3.63, 3.8) is 0 Å². The van der Waals surface area contributed by atoms with Gasteiger partial charge in [-0.2, -0.15) is 0 Å². The zero-order valence-electron chi connectivity index (χ0n) is 10.7. The van der Waals surface area contributed by atoms with Crippen LogP contribution in [0.15, 0.2) is 18.7 Å². The molecule has 0 aromatic carbocycles. The van der Waals surface area contributed by atoms with E-state index in [0.717, 1.165) is 0 Å². The van der Waals surface area contributed by atoms with Gasteiger partial charge in [-0.3, -0.25) is 4.79 Å². The molecule has 0 spiro atoms. The Balaban J connectivity index is 1.91. The van der Waals surface area contributed by atoms with Gasteiger partial charge in [-0.25, -0.2) is 4.98 Å². The molecule has 7 heteroatoms. The molecular weight excluding hydrogens is 264 g/mol. The smallest absolute Gasteiger partial charge is 0.233 e. The van der Waals surface area contributed by atoms with E-state index in [4.69, 9.17) is 22.7 Å². The summed E-state index contributed by atoms with van der Waals surface area (Å²) in [4.78, 5) is 16.5. The molecule has 19 heavy (non-hydrogen) atoms. The number of thiocarbonyl (C=S) groups is 1. The maximum atomic E-state index is 12.3. The Morgan fingerprint density at radius 2 is 2.26 bits per heavy atom. The molecule has 0 radical (unpaired) electrons. The lowest BCUT2D eigenvalue weighted by molar-refractivity contribution is -0.131. The molecule has 0 aliphatic carbocycles. The Kier molecular flexibility index (Phi) is 4.49. The molecule has 1 aliphatic heterocycles. The maximum absolute atomic E-state index is 12.3. The fourth-order valence-electron chi connectivity index (χ4n) is 2.19. The number of aromatic nitrogens is 2. The molecule has 1 saturated heterocycles. The first-order chi connectivity index (χ1) is 9.15. The van der Waals surface area contributed by atoms with Gasteiger partial charge in [0, 0.05) is 38.7 Å². The summed E-state index contributed by atoms with van der Waals surface area (Å²) in [5.74, 6) is -0.0941. The van der Waals surface area contributed by atoms with Crippen molar-refractivity contribution in [2.75, 3.05) is 19.8 Å². The van der Waals surface area contributed by atoms with Gasteiger partial charge < -0.3 is 20.4 Å². The normalized spacial score (nSPS) is 17.9. The number of amides is 1. The minimum Gasteiger partial charge on any atom is -0.392 e. The van der Waals surface area contributed by atoms with E-state index in [2.05, 4.69) is 10.3 Å². The van der Waals surface area contributed by atoms with Gasteiger partial charge in [-0.1, -0.05) is 12.2 Å². The van der Waals surface area contributed by atoms with Gasteiger partial charge in [0.05, 0.1) is 11.3 Å². The van der Waals surface area contributed by atoms with Gasteiger partial charge in [-0.05, 0) is 12.8 Å². The van der Waals surface area contributed by atoms with Crippen molar-refractivity contribution in [2.24, 2.45) is 11.1 Å². The summed E-state index contributed by atoms with van der Waals surface area (Å²) >= 11 is 5.08. The number of hydrogen-bond acceptors (Lipinski definition) is 4. The molecule has 0 bridgehead atoms. The number of ether oxygens (including phenoxy) is 1. The number of carbonyl (C=O) groups is 1. The maximum Gasteiger partial charge on any atom is 0.233 e. The third kappa shape index (κ3) is 3.10. The summed E-state index contributed by atoms with van der Waals surface area (Å²) in [5, 5.41) is 2.90. The van der Waals surface area contributed by atoms with Crippen LogP contribution in [0.25, 0.3) is 0 Å². The monoisotopic (exact) mass is 282 g/mol. The Labute approximate surface area is 117 Å². The van der Waals surface area contributed by atoms with Gasteiger partial charge in [0.2, 0.25) is 5.91 Å². The van der Waals surface area contributed by atoms with E-state index in [1.165, 1.54) is 0 Å². The molecule has 2 heterocycles. The molecule has 3 N–H and O–H groups in total. The third-order valence-electron chi connectivity index (χ3n) is 3.47. The zero-order chi connectivity index (χ0) is 13.7. The Morgan fingerprint density at radius 3 is 2.84 bits per heavy atom. The number of rotatable bonds is 5. The highest BCUT2D eigenvalue weighted by Gasteiger charge is 2.42. The van der Waals surface area contributed by atoms with Crippen LogP contribution in [0.3, 0.4) is 0 Å². The van der Waals surface area contributed by atoms with E-state index in [1.54, 1.807) is 12.5 Å². The highest BCUT2D eigenvalue weighted by Crippen LogP contribution is 2.31.